The van der Waals surface area contributed by atoms with E-state index >= 15 is 0 Å². The molecule has 1 unspecified atom stereocenters. The molecule has 11 heavy (non-hydrogen) atoms. The van der Waals surface area contributed by atoms with Crippen LogP contribution < -0.4 is 11.3 Å². The van der Waals surface area contributed by atoms with Crippen molar-refractivity contribution >= 4 is 17.6 Å². The molecule has 1 aliphatic rings. The van der Waals surface area contributed by atoms with E-state index in [-0.39, 0.29) is 0 Å². The number of hydrogen-bond acceptors (Lipinski definition) is 3. The lowest BCUT2D eigenvalue weighted by Crippen LogP contribution is -2.36. The van der Waals surface area contributed by atoms with Crippen molar-refractivity contribution in [3.8, 4) is 0 Å². The summed E-state index contributed by atoms with van der Waals surface area (Å²) in [6.07, 6.45) is 1.22. The predicted molar refractivity (Wildman–Crippen MR) is 50.7 cm³/mol. The van der Waals surface area contributed by atoms with E-state index in [0.717, 1.165) is 12.4 Å². The first-order valence-electron chi connectivity index (χ1n) is 3.97. The summed E-state index contributed by atoms with van der Waals surface area (Å²) >= 11 is 1.98. The minimum Gasteiger partial charge on any atom is -0.312 e. The average Bonchev–Trinajstić information content (AvgIpc) is 2.52. The minimum atomic E-state index is 0.574. The molecule has 3 nitrogen and oxygen atoms in total. The van der Waals surface area contributed by atoms with Gasteiger partial charge in [-0.3, -0.25) is 4.99 Å². The molecule has 1 rings (SSSR count). The third kappa shape index (κ3) is 2.38. The monoisotopic (exact) mass is 173 g/mol. The number of rotatable bonds is 2. The fraction of sp³-hybridized carbons (Fsp3) is 0.857. The second kappa shape index (κ2) is 4.62. The van der Waals surface area contributed by atoms with E-state index in [9.17, 15) is 0 Å². The maximum atomic E-state index is 5.35. The number of nitrogens with two attached hydrogens (primary N) is 1. The zero-order chi connectivity index (χ0) is 8.10. The van der Waals surface area contributed by atoms with Crippen LogP contribution in [0.2, 0.25) is 0 Å². The smallest absolute Gasteiger partial charge is 0.114 e. The standard InChI is InChI=1S/C7H15N3S/c1-2-9-7(10-8)6-3-4-11-5-6/h6H,2-5,8H2,1H3,(H,9,10). The molecular formula is C7H15N3S. The Morgan fingerprint density at radius 3 is 3.09 bits per heavy atom. The maximum Gasteiger partial charge on any atom is 0.114 e. The van der Waals surface area contributed by atoms with Crippen LogP contribution in [0.25, 0.3) is 0 Å². The lowest BCUT2D eigenvalue weighted by molar-refractivity contribution is 0.741. The van der Waals surface area contributed by atoms with Crippen molar-refractivity contribution in [2.24, 2.45) is 16.8 Å². The van der Waals surface area contributed by atoms with E-state index < -0.39 is 0 Å². The van der Waals surface area contributed by atoms with E-state index in [2.05, 4.69) is 10.4 Å². The number of amidine groups is 1. The van der Waals surface area contributed by atoms with Gasteiger partial charge in [-0.15, -0.1) is 0 Å². The van der Waals surface area contributed by atoms with Crippen LogP contribution in [-0.4, -0.2) is 23.9 Å². The highest BCUT2D eigenvalue weighted by atomic mass is 32.2. The van der Waals surface area contributed by atoms with Crippen LogP contribution in [0.15, 0.2) is 4.99 Å². The Morgan fingerprint density at radius 2 is 2.64 bits per heavy atom. The lowest BCUT2D eigenvalue weighted by Gasteiger charge is -2.10. The third-order valence-electron chi connectivity index (χ3n) is 1.79. The first-order chi connectivity index (χ1) is 5.38. The van der Waals surface area contributed by atoms with Crippen molar-refractivity contribution in [1.82, 2.24) is 5.43 Å². The lowest BCUT2D eigenvalue weighted by atomic mass is 10.1. The van der Waals surface area contributed by atoms with Gasteiger partial charge in [0.05, 0.1) is 0 Å². The van der Waals surface area contributed by atoms with E-state index in [1.807, 2.05) is 18.7 Å². The second-order valence-corrected chi connectivity index (χ2v) is 3.71. The molecule has 0 radical (unpaired) electrons. The van der Waals surface area contributed by atoms with Gasteiger partial charge in [0.15, 0.2) is 0 Å². The molecule has 1 atom stereocenters. The molecule has 3 N–H and O–H groups in total. The fourth-order valence-corrected chi connectivity index (χ4v) is 2.44. The number of hydrazine groups is 1. The summed E-state index contributed by atoms with van der Waals surface area (Å²) in [4.78, 5) is 4.29. The molecule has 0 aromatic carbocycles. The summed E-state index contributed by atoms with van der Waals surface area (Å²) in [5.74, 6) is 9.32. The van der Waals surface area contributed by atoms with Crippen molar-refractivity contribution in [2.45, 2.75) is 13.3 Å². The number of nitrogens with one attached hydrogen (secondary N) is 1. The van der Waals surface area contributed by atoms with Gasteiger partial charge < -0.3 is 5.43 Å². The molecule has 1 fully saturated rings. The third-order valence-corrected chi connectivity index (χ3v) is 2.96. The summed E-state index contributed by atoms with van der Waals surface area (Å²) in [5, 5.41) is 0. The number of thioether (sulfide) groups is 1. The Balaban J connectivity index is 2.46. The molecular weight excluding hydrogens is 158 g/mol. The zero-order valence-corrected chi connectivity index (χ0v) is 7.66. The summed E-state index contributed by atoms with van der Waals surface area (Å²) in [6.45, 7) is 2.85. The van der Waals surface area contributed by atoms with Crippen molar-refractivity contribution in [2.75, 3.05) is 18.1 Å². The summed E-state index contributed by atoms with van der Waals surface area (Å²) < 4.78 is 0. The van der Waals surface area contributed by atoms with Crippen LogP contribution in [0.5, 0.6) is 0 Å². The number of aliphatic imine (C=N–C) groups is 1. The van der Waals surface area contributed by atoms with Crippen LogP contribution in [0, 0.1) is 5.92 Å². The Morgan fingerprint density at radius 1 is 1.82 bits per heavy atom. The molecule has 0 aromatic rings. The second-order valence-electron chi connectivity index (χ2n) is 2.56. The Kier molecular flexibility index (Phi) is 3.72. The normalized spacial score (nSPS) is 25.6. The van der Waals surface area contributed by atoms with Crippen LogP contribution in [0.4, 0.5) is 0 Å². The van der Waals surface area contributed by atoms with Gasteiger partial charge in [-0.25, -0.2) is 5.84 Å². The highest BCUT2D eigenvalue weighted by molar-refractivity contribution is 7.99. The fourth-order valence-electron chi connectivity index (χ4n) is 1.21. The van der Waals surface area contributed by atoms with Crippen molar-refractivity contribution < 1.29 is 0 Å². The molecule has 0 amide bonds. The highest BCUT2D eigenvalue weighted by Gasteiger charge is 2.19. The Bertz CT molecular complexity index is 141. The van der Waals surface area contributed by atoms with Crippen LogP contribution >= 0.6 is 11.8 Å². The molecule has 4 heteroatoms. The number of nitrogens with zero attached hydrogens (tertiary/aromatic N) is 1. The molecule has 0 aliphatic carbocycles. The zero-order valence-electron chi connectivity index (χ0n) is 6.84. The first kappa shape index (κ1) is 8.87. The average molecular weight is 173 g/mol. The van der Waals surface area contributed by atoms with Gasteiger partial charge in [0.25, 0.3) is 0 Å². The van der Waals surface area contributed by atoms with E-state index in [0.29, 0.717) is 5.92 Å². The quantitative estimate of drug-likeness (QED) is 0.278. The molecule has 0 aromatic heterocycles. The first-order valence-corrected chi connectivity index (χ1v) is 5.12. The summed E-state index contributed by atoms with van der Waals surface area (Å²) in [6, 6.07) is 0. The molecule has 1 heterocycles. The highest BCUT2D eigenvalue weighted by Crippen LogP contribution is 2.23. The van der Waals surface area contributed by atoms with Crippen LogP contribution in [0.1, 0.15) is 13.3 Å². The van der Waals surface area contributed by atoms with E-state index in [1.54, 1.807) is 0 Å². The van der Waals surface area contributed by atoms with Gasteiger partial charge in [0, 0.05) is 18.2 Å². The van der Waals surface area contributed by atoms with Crippen LogP contribution in [0.3, 0.4) is 0 Å². The van der Waals surface area contributed by atoms with Gasteiger partial charge in [0.1, 0.15) is 5.84 Å². The van der Waals surface area contributed by atoms with Gasteiger partial charge in [-0.2, -0.15) is 11.8 Å². The van der Waals surface area contributed by atoms with E-state index in [1.165, 1.54) is 17.9 Å². The topological polar surface area (TPSA) is 50.4 Å². The molecule has 0 spiro atoms. The van der Waals surface area contributed by atoms with Crippen molar-refractivity contribution in [3.63, 3.8) is 0 Å². The van der Waals surface area contributed by atoms with Gasteiger partial charge >= 0.3 is 0 Å². The Labute approximate surface area is 71.8 Å². The Hall–Kier alpha value is -0.220. The SMILES string of the molecule is CCN=C(NN)C1CCSC1. The van der Waals surface area contributed by atoms with Gasteiger partial charge in [0.2, 0.25) is 0 Å². The predicted octanol–water partition coefficient (Wildman–Crippen LogP) is 0.621. The largest absolute Gasteiger partial charge is 0.312 e. The molecule has 1 aliphatic heterocycles. The van der Waals surface area contributed by atoms with Crippen molar-refractivity contribution in [3.05, 3.63) is 0 Å². The maximum absolute atomic E-state index is 5.35. The summed E-state index contributed by atoms with van der Waals surface area (Å²) in [7, 11) is 0. The number of hydrogen-bond donors (Lipinski definition) is 2. The molecule has 64 valence electrons. The van der Waals surface area contributed by atoms with Crippen molar-refractivity contribution in [1.29, 1.82) is 0 Å². The minimum absolute atomic E-state index is 0.574. The van der Waals surface area contributed by atoms with Gasteiger partial charge in [-0.1, -0.05) is 0 Å². The van der Waals surface area contributed by atoms with Gasteiger partial charge in [-0.05, 0) is 19.1 Å². The summed E-state index contributed by atoms with van der Waals surface area (Å²) in [5.41, 5.74) is 2.68. The molecule has 0 saturated carbocycles. The van der Waals surface area contributed by atoms with Crippen LogP contribution in [-0.2, 0) is 0 Å². The molecule has 1 saturated heterocycles. The molecule has 0 bridgehead atoms. The van der Waals surface area contributed by atoms with E-state index in [4.69, 9.17) is 5.84 Å².